The molecule has 0 atom stereocenters. The molecule has 28 heavy (non-hydrogen) atoms. The first-order valence-corrected chi connectivity index (χ1v) is 9.93. The molecule has 0 bridgehead atoms. The second-order valence-electron chi connectivity index (χ2n) is 7.43. The van der Waals surface area contributed by atoms with Gasteiger partial charge in [-0.1, -0.05) is 29.8 Å². The summed E-state index contributed by atoms with van der Waals surface area (Å²) in [4.78, 5) is 18.4. The number of piperidine rings is 1. The Balaban J connectivity index is 1.39. The van der Waals surface area contributed by atoms with Crippen molar-refractivity contribution in [1.29, 1.82) is 0 Å². The highest BCUT2D eigenvalue weighted by atomic mass is 35.5. The highest BCUT2D eigenvalue weighted by Crippen LogP contribution is 2.24. The van der Waals surface area contributed by atoms with Gasteiger partial charge in [0.1, 0.15) is 5.82 Å². The number of benzene rings is 2. The zero-order valence-corrected chi connectivity index (χ0v) is 16.5. The van der Waals surface area contributed by atoms with Crippen molar-refractivity contribution in [3.63, 3.8) is 0 Å². The molecule has 0 spiro atoms. The normalized spacial score (nSPS) is 15.8. The summed E-state index contributed by atoms with van der Waals surface area (Å²) in [5.41, 5.74) is 3.20. The molecule has 2 N–H and O–H groups in total. The molecule has 1 aliphatic heterocycles. The highest BCUT2D eigenvalue weighted by molar-refractivity contribution is 6.31. The van der Waals surface area contributed by atoms with E-state index in [9.17, 15) is 9.18 Å². The second-order valence-corrected chi connectivity index (χ2v) is 7.84. The minimum absolute atomic E-state index is 0.118. The fraction of sp³-hybridized carbons (Fsp3) is 0.318. The Morgan fingerprint density at radius 1 is 1.25 bits per heavy atom. The Morgan fingerprint density at radius 2 is 2.00 bits per heavy atom. The lowest BCUT2D eigenvalue weighted by molar-refractivity contribution is 0.0910. The van der Waals surface area contributed by atoms with Crippen molar-refractivity contribution in [2.24, 2.45) is 0 Å². The molecule has 0 radical (unpaired) electrons. The van der Waals surface area contributed by atoms with Crippen LogP contribution in [-0.2, 0) is 6.54 Å². The molecule has 1 fully saturated rings. The fourth-order valence-electron chi connectivity index (χ4n) is 3.95. The van der Waals surface area contributed by atoms with Gasteiger partial charge in [0.2, 0.25) is 0 Å². The molecule has 4 rings (SSSR count). The molecule has 1 aromatic heterocycles. The zero-order chi connectivity index (χ0) is 19.7. The van der Waals surface area contributed by atoms with Crippen molar-refractivity contribution >= 4 is 28.4 Å². The van der Waals surface area contributed by atoms with E-state index < -0.39 is 0 Å². The number of hydrogen-bond acceptors (Lipinski definition) is 2. The minimum atomic E-state index is -0.339. The molecule has 6 heteroatoms. The highest BCUT2D eigenvalue weighted by Gasteiger charge is 2.24. The molecule has 1 aliphatic rings. The van der Waals surface area contributed by atoms with Gasteiger partial charge in [-0.2, -0.15) is 0 Å². The topological polar surface area (TPSA) is 48.1 Å². The number of amides is 1. The number of likely N-dealkylation sites (tertiary alicyclic amines) is 1. The van der Waals surface area contributed by atoms with Gasteiger partial charge in [-0.25, -0.2) is 4.39 Å². The third-order valence-electron chi connectivity index (χ3n) is 5.45. The van der Waals surface area contributed by atoms with E-state index in [1.54, 1.807) is 6.07 Å². The van der Waals surface area contributed by atoms with Crippen molar-refractivity contribution in [2.75, 3.05) is 13.1 Å². The van der Waals surface area contributed by atoms with Crippen LogP contribution in [0.25, 0.3) is 10.9 Å². The SMILES string of the molecule is Cc1[nH]c2ccc(F)cc2c1C(=O)NC1CCN(Cc2ccccc2Cl)CC1. The molecule has 2 aromatic carbocycles. The van der Waals surface area contributed by atoms with Gasteiger partial charge >= 0.3 is 0 Å². The van der Waals surface area contributed by atoms with E-state index in [1.807, 2.05) is 25.1 Å². The predicted octanol–water partition coefficient (Wildman–Crippen LogP) is 4.66. The molecule has 0 aliphatic carbocycles. The van der Waals surface area contributed by atoms with Crippen LogP contribution in [0.5, 0.6) is 0 Å². The van der Waals surface area contributed by atoms with E-state index in [4.69, 9.17) is 11.6 Å². The summed E-state index contributed by atoms with van der Waals surface area (Å²) in [5, 5.41) is 4.56. The second kappa shape index (κ2) is 7.94. The lowest BCUT2D eigenvalue weighted by Gasteiger charge is -2.32. The summed E-state index contributed by atoms with van der Waals surface area (Å²) < 4.78 is 13.6. The number of fused-ring (bicyclic) bond motifs is 1. The molecular formula is C22H23ClFN3O. The van der Waals surface area contributed by atoms with Crippen LogP contribution in [0.3, 0.4) is 0 Å². The molecule has 1 amide bonds. The molecule has 1 saturated heterocycles. The van der Waals surface area contributed by atoms with E-state index in [2.05, 4.69) is 21.3 Å². The van der Waals surface area contributed by atoms with Crippen LogP contribution in [0.4, 0.5) is 4.39 Å². The van der Waals surface area contributed by atoms with E-state index >= 15 is 0 Å². The summed E-state index contributed by atoms with van der Waals surface area (Å²) in [6, 6.07) is 12.5. The van der Waals surface area contributed by atoms with Crippen molar-refractivity contribution in [1.82, 2.24) is 15.2 Å². The summed E-state index contributed by atoms with van der Waals surface area (Å²) in [6.07, 6.45) is 1.76. The number of aryl methyl sites for hydroxylation is 1. The molecule has 3 aromatic rings. The van der Waals surface area contributed by atoms with E-state index in [1.165, 1.54) is 12.1 Å². The van der Waals surface area contributed by atoms with Crippen LogP contribution in [0.15, 0.2) is 42.5 Å². The quantitative estimate of drug-likeness (QED) is 0.670. The number of carbonyl (C=O) groups is 1. The number of rotatable bonds is 4. The van der Waals surface area contributed by atoms with E-state index in [0.29, 0.717) is 10.9 Å². The Hall–Kier alpha value is -2.37. The van der Waals surface area contributed by atoms with Gasteiger partial charge in [-0.05, 0) is 49.6 Å². The average molecular weight is 400 g/mol. The van der Waals surface area contributed by atoms with Gasteiger partial charge in [-0.15, -0.1) is 0 Å². The Morgan fingerprint density at radius 3 is 2.75 bits per heavy atom. The van der Waals surface area contributed by atoms with Gasteiger partial charge in [-0.3, -0.25) is 9.69 Å². The first kappa shape index (κ1) is 19.0. The average Bonchev–Trinajstić information content (AvgIpc) is 3.00. The van der Waals surface area contributed by atoms with Crippen LogP contribution in [0, 0.1) is 12.7 Å². The summed E-state index contributed by atoms with van der Waals surface area (Å²) in [5.74, 6) is -0.479. The lowest BCUT2D eigenvalue weighted by Crippen LogP contribution is -2.44. The smallest absolute Gasteiger partial charge is 0.253 e. The number of nitrogens with one attached hydrogen (secondary N) is 2. The molecule has 0 saturated carbocycles. The van der Waals surface area contributed by atoms with Crippen molar-refractivity contribution in [2.45, 2.75) is 32.4 Å². The maximum atomic E-state index is 13.6. The standard InChI is InChI=1S/C22H23ClFN3O/c1-14-21(18-12-16(24)6-7-20(18)25-14)22(28)26-17-8-10-27(11-9-17)13-15-4-2-3-5-19(15)23/h2-7,12,17,25H,8-11,13H2,1H3,(H,26,28). The summed E-state index contributed by atoms with van der Waals surface area (Å²) in [7, 11) is 0. The monoisotopic (exact) mass is 399 g/mol. The third-order valence-corrected chi connectivity index (χ3v) is 5.82. The molecule has 4 nitrogen and oxygen atoms in total. The van der Waals surface area contributed by atoms with Crippen molar-refractivity contribution in [3.8, 4) is 0 Å². The third kappa shape index (κ3) is 3.91. The zero-order valence-electron chi connectivity index (χ0n) is 15.8. The van der Waals surface area contributed by atoms with Gasteiger partial charge < -0.3 is 10.3 Å². The van der Waals surface area contributed by atoms with Crippen LogP contribution >= 0.6 is 11.6 Å². The van der Waals surface area contributed by atoms with Gasteiger partial charge in [0.15, 0.2) is 0 Å². The number of carbonyl (C=O) groups excluding carboxylic acids is 1. The van der Waals surface area contributed by atoms with Gasteiger partial charge in [0.25, 0.3) is 5.91 Å². The molecule has 146 valence electrons. The predicted molar refractivity (Wildman–Crippen MR) is 110 cm³/mol. The van der Waals surface area contributed by atoms with Crippen LogP contribution < -0.4 is 5.32 Å². The number of aromatic amines is 1. The fourth-order valence-corrected chi connectivity index (χ4v) is 4.15. The molecule has 0 unspecified atom stereocenters. The largest absolute Gasteiger partial charge is 0.358 e. The van der Waals surface area contributed by atoms with Gasteiger partial charge in [0, 0.05) is 47.3 Å². The molecule has 2 heterocycles. The van der Waals surface area contributed by atoms with Crippen LogP contribution in [-0.4, -0.2) is 34.9 Å². The summed E-state index contributed by atoms with van der Waals surface area (Å²) in [6.45, 7) is 4.47. The number of hydrogen-bond donors (Lipinski definition) is 2. The molecular weight excluding hydrogens is 377 g/mol. The maximum absolute atomic E-state index is 13.6. The summed E-state index contributed by atoms with van der Waals surface area (Å²) >= 11 is 6.26. The maximum Gasteiger partial charge on any atom is 0.253 e. The van der Waals surface area contributed by atoms with Crippen molar-refractivity contribution in [3.05, 3.63) is 70.1 Å². The van der Waals surface area contributed by atoms with Crippen LogP contribution in [0.2, 0.25) is 5.02 Å². The van der Waals surface area contributed by atoms with Gasteiger partial charge in [0.05, 0.1) is 5.56 Å². The van der Waals surface area contributed by atoms with E-state index in [-0.39, 0.29) is 17.8 Å². The lowest BCUT2D eigenvalue weighted by atomic mass is 10.0. The van der Waals surface area contributed by atoms with Crippen molar-refractivity contribution < 1.29 is 9.18 Å². The first-order valence-electron chi connectivity index (χ1n) is 9.55. The Labute approximate surface area is 168 Å². The van der Waals surface area contributed by atoms with E-state index in [0.717, 1.165) is 54.3 Å². The number of H-pyrrole nitrogens is 1. The Bertz CT molecular complexity index is 1010. The first-order chi connectivity index (χ1) is 13.5. The number of nitrogens with zero attached hydrogens (tertiary/aromatic N) is 1. The Kier molecular flexibility index (Phi) is 5.38. The number of aromatic nitrogens is 1. The minimum Gasteiger partial charge on any atom is -0.358 e. The van der Waals surface area contributed by atoms with Crippen LogP contribution in [0.1, 0.15) is 34.5 Å². The number of halogens is 2.